The summed E-state index contributed by atoms with van der Waals surface area (Å²) in [4.78, 5) is 18.2. The topological polar surface area (TPSA) is 70.1 Å². The Morgan fingerprint density at radius 3 is 2.53 bits per heavy atom. The molecule has 1 aliphatic heterocycles. The lowest BCUT2D eigenvalue weighted by Crippen LogP contribution is -2.44. The lowest BCUT2D eigenvalue weighted by Gasteiger charge is -2.35. The fourth-order valence-electron chi connectivity index (χ4n) is 2.31. The largest absolute Gasteiger partial charge is 0.436 e. The zero-order valence-electron chi connectivity index (χ0n) is 11.4. The van der Waals surface area contributed by atoms with Gasteiger partial charge in [-0.1, -0.05) is 0 Å². The maximum absolute atomic E-state index is 12.3. The second-order valence-electron chi connectivity index (χ2n) is 4.75. The maximum atomic E-state index is 12.3. The number of carbonyl (C=O) groups excluding carboxylic acids is 1. The summed E-state index contributed by atoms with van der Waals surface area (Å²) in [6.07, 6.45) is 3.34. The number of hydrogen-bond acceptors (Lipinski definition) is 5. The molecule has 1 aliphatic rings. The molecular formula is C13H17N3O2S. The van der Waals surface area contributed by atoms with E-state index in [1.54, 1.807) is 30.5 Å². The Kier molecular flexibility index (Phi) is 3.85. The molecule has 0 radical (unpaired) electrons. The highest BCUT2D eigenvalue weighted by Gasteiger charge is 2.36. The van der Waals surface area contributed by atoms with E-state index < -0.39 is 0 Å². The smallest absolute Gasteiger partial charge is 0.291 e. The molecule has 0 aromatic carbocycles. The normalized spacial score (nSPS) is 18.1. The van der Waals surface area contributed by atoms with Crippen LogP contribution in [0.1, 0.15) is 35.0 Å². The van der Waals surface area contributed by atoms with Crippen molar-refractivity contribution in [2.45, 2.75) is 31.4 Å². The van der Waals surface area contributed by atoms with Gasteiger partial charge in [-0.2, -0.15) is 5.26 Å². The number of nitriles is 1. The molecule has 0 N–H and O–H groups in total. The minimum atomic E-state index is -0.344. The number of aryl methyl sites for hydroxylation is 2. The van der Waals surface area contributed by atoms with E-state index >= 15 is 0 Å². The van der Waals surface area contributed by atoms with Gasteiger partial charge in [0.15, 0.2) is 5.89 Å². The SMILES string of the molecule is CSC1(C#N)CCN(C(=O)c2oc(C)nc2C)CC1. The van der Waals surface area contributed by atoms with Gasteiger partial charge >= 0.3 is 0 Å². The van der Waals surface area contributed by atoms with Gasteiger partial charge in [-0.25, -0.2) is 4.98 Å². The Labute approximate surface area is 117 Å². The van der Waals surface area contributed by atoms with Gasteiger partial charge in [0.1, 0.15) is 4.75 Å². The standard InChI is InChI=1S/C13H17N3O2S/c1-9-11(18-10(2)15-9)12(17)16-6-4-13(8-14,19-3)5-7-16/h4-7H2,1-3H3. The van der Waals surface area contributed by atoms with Crippen LogP contribution >= 0.6 is 11.8 Å². The number of oxazole rings is 1. The number of thioether (sulfide) groups is 1. The Morgan fingerprint density at radius 1 is 1.47 bits per heavy atom. The first-order valence-electron chi connectivity index (χ1n) is 6.21. The summed E-state index contributed by atoms with van der Waals surface area (Å²) in [6, 6.07) is 2.37. The first-order chi connectivity index (χ1) is 9.01. The van der Waals surface area contributed by atoms with Crippen molar-refractivity contribution in [1.82, 2.24) is 9.88 Å². The molecule has 5 nitrogen and oxygen atoms in total. The second-order valence-corrected chi connectivity index (χ2v) is 5.94. The first kappa shape index (κ1) is 13.9. The van der Waals surface area contributed by atoms with Gasteiger partial charge in [0.05, 0.1) is 11.8 Å². The van der Waals surface area contributed by atoms with Crippen LogP contribution < -0.4 is 0 Å². The van der Waals surface area contributed by atoms with Crippen molar-refractivity contribution < 1.29 is 9.21 Å². The molecule has 0 spiro atoms. The van der Waals surface area contributed by atoms with Crippen LogP contribution in [0, 0.1) is 25.2 Å². The Balaban J connectivity index is 2.08. The van der Waals surface area contributed by atoms with Gasteiger partial charge < -0.3 is 9.32 Å². The number of carbonyl (C=O) groups is 1. The van der Waals surface area contributed by atoms with Crippen molar-refractivity contribution in [1.29, 1.82) is 5.26 Å². The highest BCUT2D eigenvalue weighted by molar-refractivity contribution is 8.00. The fraction of sp³-hybridized carbons (Fsp3) is 0.615. The van der Waals surface area contributed by atoms with Crippen molar-refractivity contribution in [3.8, 4) is 6.07 Å². The Hall–Kier alpha value is -1.48. The summed E-state index contributed by atoms with van der Waals surface area (Å²) in [5.74, 6) is 0.713. The summed E-state index contributed by atoms with van der Waals surface area (Å²) in [7, 11) is 0. The molecule has 1 fully saturated rings. The van der Waals surface area contributed by atoms with Crippen LogP contribution in [0.3, 0.4) is 0 Å². The van der Waals surface area contributed by atoms with Crippen molar-refractivity contribution in [2.75, 3.05) is 19.3 Å². The number of piperidine rings is 1. The van der Waals surface area contributed by atoms with Crippen LogP contribution in [0.15, 0.2) is 4.42 Å². The summed E-state index contributed by atoms with van der Waals surface area (Å²) in [5, 5.41) is 9.23. The van der Waals surface area contributed by atoms with E-state index in [1.807, 2.05) is 6.26 Å². The molecule has 2 rings (SSSR count). The van der Waals surface area contributed by atoms with Gasteiger partial charge in [0.2, 0.25) is 5.76 Å². The third-order valence-corrected chi connectivity index (χ3v) is 4.83. The molecule has 1 amide bonds. The van der Waals surface area contributed by atoms with E-state index in [0.29, 0.717) is 43.3 Å². The lowest BCUT2D eigenvalue weighted by atomic mass is 9.97. The molecule has 102 valence electrons. The molecule has 1 aromatic rings. The number of nitrogens with zero attached hydrogens (tertiary/aromatic N) is 3. The highest BCUT2D eigenvalue weighted by Crippen LogP contribution is 2.34. The number of amides is 1. The summed E-state index contributed by atoms with van der Waals surface area (Å²) >= 11 is 1.58. The minimum Gasteiger partial charge on any atom is -0.436 e. The molecule has 0 unspecified atom stereocenters. The second kappa shape index (κ2) is 5.25. The predicted molar refractivity (Wildman–Crippen MR) is 73.0 cm³/mol. The molecule has 1 saturated heterocycles. The van der Waals surface area contributed by atoms with Crippen LogP contribution in [0.2, 0.25) is 0 Å². The average Bonchev–Trinajstić information content (AvgIpc) is 2.77. The Bertz CT molecular complexity index is 524. The van der Waals surface area contributed by atoms with Gasteiger partial charge in [0.25, 0.3) is 5.91 Å². The Morgan fingerprint density at radius 2 is 2.11 bits per heavy atom. The molecule has 0 atom stereocenters. The number of hydrogen-bond donors (Lipinski definition) is 0. The third-order valence-electron chi connectivity index (χ3n) is 3.55. The monoisotopic (exact) mass is 279 g/mol. The van der Waals surface area contributed by atoms with E-state index in [2.05, 4.69) is 11.1 Å². The summed E-state index contributed by atoms with van der Waals surface area (Å²) in [6.45, 7) is 4.68. The third kappa shape index (κ3) is 2.61. The minimum absolute atomic E-state index is 0.120. The number of aromatic nitrogens is 1. The van der Waals surface area contributed by atoms with Gasteiger partial charge in [0, 0.05) is 20.0 Å². The number of rotatable bonds is 2. The van der Waals surface area contributed by atoms with Crippen molar-refractivity contribution in [2.24, 2.45) is 0 Å². The van der Waals surface area contributed by atoms with E-state index in [9.17, 15) is 10.1 Å². The zero-order valence-corrected chi connectivity index (χ0v) is 12.2. The molecule has 0 saturated carbocycles. The zero-order chi connectivity index (χ0) is 14.0. The quantitative estimate of drug-likeness (QED) is 0.829. The molecule has 19 heavy (non-hydrogen) atoms. The molecule has 2 heterocycles. The molecular weight excluding hydrogens is 262 g/mol. The van der Waals surface area contributed by atoms with E-state index in [0.717, 1.165) is 0 Å². The van der Waals surface area contributed by atoms with Crippen LogP contribution in [0.4, 0.5) is 0 Å². The van der Waals surface area contributed by atoms with Crippen LogP contribution in [0.25, 0.3) is 0 Å². The van der Waals surface area contributed by atoms with Crippen molar-refractivity contribution in [3.63, 3.8) is 0 Å². The van der Waals surface area contributed by atoms with Crippen molar-refractivity contribution in [3.05, 3.63) is 17.3 Å². The highest BCUT2D eigenvalue weighted by atomic mass is 32.2. The van der Waals surface area contributed by atoms with Gasteiger partial charge in [-0.15, -0.1) is 11.8 Å². The van der Waals surface area contributed by atoms with E-state index in [4.69, 9.17) is 4.42 Å². The average molecular weight is 279 g/mol. The molecule has 0 bridgehead atoms. The van der Waals surface area contributed by atoms with Gasteiger partial charge in [-0.05, 0) is 26.0 Å². The number of likely N-dealkylation sites (tertiary alicyclic amines) is 1. The van der Waals surface area contributed by atoms with Gasteiger partial charge in [-0.3, -0.25) is 4.79 Å². The molecule has 0 aliphatic carbocycles. The fourth-order valence-corrected chi connectivity index (χ4v) is 2.99. The van der Waals surface area contributed by atoms with E-state index in [-0.39, 0.29) is 10.7 Å². The van der Waals surface area contributed by atoms with Crippen molar-refractivity contribution >= 4 is 17.7 Å². The summed E-state index contributed by atoms with van der Waals surface area (Å²) in [5.41, 5.74) is 0.629. The van der Waals surface area contributed by atoms with Crippen LogP contribution in [-0.4, -0.2) is 39.9 Å². The first-order valence-corrected chi connectivity index (χ1v) is 7.43. The molecule has 6 heteroatoms. The van der Waals surface area contributed by atoms with Crippen LogP contribution in [-0.2, 0) is 0 Å². The van der Waals surface area contributed by atoms with E-state index in [1.165, 1.54) is 0 Å². The van der Waals surface area contributed by atoms with Crippen LogP contribution in [0.5, 0.6) is 0 Å². The lowest BCUT2D eigenvalue weighted by molar-refractivity contribution is 0.0682. The summed E-state index contributed by atoms with van der Waals surface area (Å²) < 4.78 is 5.02. The predicted octanol–water partition coefficient (Wildman–Crippen LogP) is 2.15. The maximum Gasteiger partial charge on any atom is 0.291 e. The molecule has 1 aromatic heterocycles.